The van der Waals surface area contributed by atoms with Gasteiger partial charge < -0.3 is 105 Å². The largest absolute Gasteiger partial charge is 0.504 e. The molecule has 0 bridgehead atoms. The van der Waals surface area contributed by atoms with E-state index in [2.05, 4.69) is 0 Å². The highest BCUT2D eigenvalue weighted by atomic mass is 16.7. The van der Waals surface area contributed by atoms with Crippen molar-refractivity contribution in [3.63, 3.8) is 0 Å². The standard InChI is InChI=1S/C40H26O25/c41-11-1-7-18(26(50)22(11)46)19-8(2-12(42)23(47)27(19)51)39(57)65-35-34(64-38(7)56)32-17(61-40(35)58)6-59-36(54)10-4-15(45)30-33(60-16-5-14(44)25(49)29(53)31(16)62-30)21(10)20-9(37(55)63-32)3-13(43)24(48)28(20)52/h1-5,17,32,34-35,40-53,58H,6H2/t17-,32-,34+,35-,40?/m1/s1. The predicted octanol–water partition coefficient (Wildman–Crippen LogP) is 2.27. The maximum atomic E-state index is 14.5. The smallest absolute Gasteiger partial charge is 0.339 e. The van der Waals surface area contributed by atoms with Gasteiger partial charge in [-0.3, -0.25) is 0 Å². The first-order valence-corrected chi connectivity index (χ1v) is 18.2. The highest BCUT2D eigenvalue weighted by Gasteiger charge is 2.54. The van der Waals surface area contributed by atoms with Crippen molar-refractivity contribution >= 4 is 23.9 Å². The van der Waals surface area contributed by atoms with Crippen LogP contribution in [0.3, 0.4) is 0 Å². The molecule has 4 aliphatic rings. The van der Waals surface area contributed by atoms with Crippen molar-refractivity contribution < 1.29 is 124 Å². The highest BCUT2D eigenvalue weighted by Crippen LogP contribution is 2.62. The molecule has 5 atom stereocenters. The third-order valence-electron chi connectivity index (χ3n) is 10.7. The van der Waals surface area contributed by atoms with Crippen LogP contribution < -0.4 is 9.47 Å². The second kappa shape index (κ2) is 14.2. The summed E-state index contributed by atoms with van der Waals surface area (Å²) in [6.45, 7) is -1.12. The average Bonchev–Trinajstić information content (AvgIpc) is 3.27. The normalized spacial score (nSPS) is 20.8. The van der Waals surface area contributed by atoms with Crippen molar-refractivity contribution in [2.24, 2.45) is 0 Å². The number of hydrogen-bond acceptors (Lipinski definition) is 25. The Hall–Kier alpha value is -9.10. The van der Waals surface area contributed by atoms with Crippen LogP contribution in [0, 0.1) is 0 Å². The van der Waals surface area contributed by atoms with Crippen LogP contribution in [0.1, 0.15) is 41.4 Å². The minimum absolute atomic E-state index is 0.470. The van der Waals surface area contributed by atoms with Crippen LogP contribution in [-0.2, 0) is 23.7 Å². The zero-order valence-electron chi connectivity index (χ0n) is 31.7. The van der Waals surface area contributed by atoms with E-state index in [-0.39, 0.29) is 0 Å². The Morgan fingerprint density at radius 2 is 0.815 bits per heavy atom. The van der Waals surface area contributed by atoms with Crippen molar-refractivity contribution in [2.45, 2.75) is 30.7 Å². The zero-order chi connectivity index (χ0) is 46.8. The molecular weight excluding hydrogens is 880 g/mol. The van der Waals surface area contributed by atoms with Gasteiger partial charge in [0.1, 0.15) is 12.7 Å². The number of rotatable bonds is 0. The fourth-order valence-corrected chi connectivity index (χ4v) is 7.63. The molecule has 336 valence electrons. The lowest BCUT2D eigenvalue weighted by Gasteiger charge is -2.43. The quantitative estimate of drug-likeness (QED) is 0.0590. The van der Waals surface area contributed by atoms with Gasteiger partial charge >= 0.3 is 23.9 Å². The van der Waals surface area contributed by atoms with Crippen molar-refractivity contribution in [2.75, 3.05) is 6.61 Å². The number of aliphatic hydroxyl groups excluding tert-OH is 1. The van der Waals surface area contributed by atoms with E-state index >= 15 is 0 Å². The molecule has 25 heteroatoms. The Morgan fingerprint density at radius 1 is 0.400 bits per heavy atom. The summed E-state index contributed by atoms with van der Waals surface area (Å²) < 4.78 is 39.1. The first-order chi connectivity index (χ1) is 30.7. The maximum Gasteiger partial charge on any atom is 0.339 e. The van der Waals surface area contributed by atoms with Gasteiger partial charge in [0.15, 0.2) is 82.1 Å². The van der Waals surface area contributed by atoms with Crippen LogP contribution in [0.4, 0.5) is 0 Å². The molecule has 25 nitrogen and oxygen atoms in total. The highest BCUT2D eigenvalue weighted by molar-refractivity contribution is 6.10. The number of carbonyl (C=O) groups is 4. The summed E-state index contributed by atoms with van der Waals surface area (Å²) in [4.78, 5) is 56.8. The molecule has 1 unspecified atom stereocenters. The first kappa shape index (κ1) is 41.3. The van der Waals surface area contributed by atoms with Gasteiger partial charge in [-0.25, -0.2) is 19.2 Å². The summed E-state index contributed by atoms with van der Waals surface area (Å²) in [5, 5.41) is 150. The van der Waals surface area contributed by atoms with Crippen LogP contribution in [0.15, 0.2) is 30.3 Å². The average molecular weight is 907 g/mol. The lowest BCUT2D eigenvalue weighted by molar-refractivity contribution is -0.284. The summed E-state index contributed by atoms with van der Waals surface area (Å²) in [7, 11) is 0. The summed E-state index contributed by atoms with van der Waals surface area (Å²) >= 11 is 0. The molecule has 0 aromatic heterocycles. The number of fused-ring (bicyclic) bond motifs is 12. The fourth-order valence-electron chi connectivity index (χ4n) is 7.63. The van der Waals surface area contributed by atoms with E-state index in [1.165, 1.54) is 0 Å². The topological polar surface area (TPSA) is 416 Å². The Balaban J connectivity index is 1.23. The number of aromatic hydroxyl groups is 13. The molecule has 0 spiro atoms. The lowest BCUT2D eigenvalue weighted by atomic mass is 9.91. The molecule has 9 rings (SSSR count). The third-order valence-corrected chi connectivity index (χ3v) is 10.7. The summed E-state index contributed by atoms with van der Waals surface area (Å²) in [6.07, 6.45) is -11.3. The zero-order valence-corrected chi connectivity index (χ0v) is 31.7. The number of carbonyl (C=O) groups excluding carboxylic acids is 4. The van der Waals surface area contributed by atoms with Gasteiger partial charge in [-0.1, -0.05) is 0 Å². The molecule has 14 N–H and O–H groups in total. The SMILES string of the molecule is O=C1O[C@H]2[C@@H]3OC(=O)c4cc(O)c(O)c(O)c4-c4c(cc(O)c5c4Oc4cc(O)c(O)c(O)c4O5)C(=O)OC[C@H]3OC(O)[C@@H]2OC(=O)c2cc(O)c(O)c(O)c2-c2c1cc(O)c(O)c2O. The van der Waals surface area contributed by atoms with E-state index in [1.807, 2.05) is 0 Å². The molecule has 5 aromatic rings. The van der Waals surface area contributed by atoms with E-state index in [9.17, 15) is 90.7 Å². The number of phenols is 13. The second-order valence-corrected chi connectivity index (χ2v) is 14.4. The Kier molecular flexibility index (Phi) is 9.03. The van der Waals surface area contributed by atoms with Gasteiger partial charge in [-0.05, 0) is 24.3 Å². The van der Waals surface area contributed by atoms with Crippen molar-refractivity contribution in [3.8, 4) is 120 Å². The number of hydrogen-bond donors (Lipinski definition) is 14. The Morgan fingerprint density at radius 3 is 1.34 bits per heavy atom. The molecule has 1 fully saturated rings. The third kappa shape index (κ3) is 6.01. The number of esters is 4. The van der Waals surface area contributed by atoms with Crippen molar-refractivity contribution in [1.82, 2.24) is 0 Å². The van der Waals surface area contributed by atoms with Gasteiger partial charge in [0.2, 0.25) is 40.2 Å². The Bertz CT molecular complexity index is 3010. The second-order valence-electron chi connectivity index (χ2n) is 14.4. The van der Waals surface area contributed by atoms with E-state index in [1.54, 1.807) is 0 Å². The van der Waals surface area contributed by atoms with Crippen LogP contribution in [0.25, 0.3) is 22.3 Å². The van der Waals surface area contributed by atoms with Gasteiger partial charge in [0, 0.05) is 28.3 Å². The summed E-state index contributed by atoms with van der Waals surface area (Å²) in [5.74, 6) is -25.3. The van der Waals surface area contributed by atoms with Crippen molar-refractivity contribution in [3.05, 3.63) is 52.6 Å². The number of benzene rings is 5. The van der Waals surface area contributed by atoms with Crippen LogP contribution in [0.5, 0.6) is 97.7 Å². The van der Waals surface area contributed by atoms with E-state index in [4.69, 9.17) is 33.2 Å². The van der Waals surface area contributed by atoms with Crippen LogP contribution in [0.2, 0.25) is 0 Å². The van der Waals surface area contributed by atoms with Crippen LogP contribution >= 0.6 is 0 Å². The number of cyclic esters (lactones) is 1. The minimum Gasteiger partial charge on any atom is -0.504 e. The Labute approximate surface area is 357 Å². The number of phenolic OH excluding ortho intramolecular Hbond substituents is 13. The van der Waals surface area contributed by atoms with Gasteiger partial charge in [-0.15, -0.1) is 0 Å². The molecule has 0 aliphatic carbocycles. The molecule has 0 radical (unpaired) electrons. The van der Waals surface area contributed by atoms with Crippen LogP contribution in [-0.4, -0.2) is 133 Å². The van der Waals surface area contributed by atoms with Gasteiger partial charge in [0.05, 0.1) is 22.3 Å². The molecule has 65 heavy (non-hydrogen) atoms. The van der Waals surface area contributed by atoms with E-state index < -0.39 is 203 Å². The molecule has 4 aliphatic heterocycles. The molecule has 4 heterocycles. The van der Waals surface area contributed by atoms with E-state index in [0.29, 0.717) is 30.3 Å². The molecule has 5 aromatic carbocycles. The predicted molar refractivity (Wildman–Crippen MR) is 201 cm³/mol. The molecular formula is C40H26O25. The summed E-state index contributed by atoms with van der Waals surface area (Å²) in [6, 6.07) is 2.80. The number of ether oxygens (including phenoxy) is 7. The fraction of sp³-hybridized carbons (Fsp3) is 0.150. The lowest BCUT2D eigenvalue weighted by Crippen LogP contribution is -2.62. The van der Waals surface area contributed by atoms with Gasteiger partial charge in [0.25, 0.3) is 0 Å². The monoisotopic (exact) mass is 906 g/mol. The number of aliphatic hydroxyl groups is 1. The minimum atomic E-state index is -2.44. The van der Waals surface area contributed by atoms with E-state index in [0.717, 1.165) is 0 Å². The molecule has 1 saturated heterocycles. The van der Waals surface area contributed by atoms with Gasteiger partial charge in [-0.2, -0.15) is 0 Å². The first-order valence-electron chi connectivity index (χ1n) is 18.2. The van der Waals surface area contributed by atoms with Crippen molar-refractivity contribution in [1.29, 1.82) is 0 Å². The molecule has 0 amide bonds. The molecule has 0 saturated carbocycles. The maximum absolute atomic E-state index is 14.5. The summed E-state index contributed by atoms with van der Waals surface area (Å²) in [5.41, 5.74) is -7.53.